The fourth-order valence-electron chi connectivity index (χ4n) is 1.75. The van der Waals surface area contributed by atoms with Crippen LogP contribution in [0.25, 0.3) is 0 Å². The van der Waals surface area contributed by atoms with E-state index in [1.807, 2.05) is 0 Å². The number of rotatable bonds is 4. The first-order chi connectivity index (χ1) is 7.53. The van der Waals surface area contributed by atoms with E-state index in [2.05, 4.69) is 10.3 Å². The first kappa shape index (κ1) is 13.2. The van der Waals surface area contributed by atoms with Crippen LogP contribution in [0.5, 0.6) is 0 Å². The minimum Gasteiger partial charge on any atom is -0.390 e. The van der Waals surface area contributed by atoms with Crippen LogP contribution in [-0.2, 0) is 0 Å². The SMILES string of the molecule is NC(=NCC(F)(F)CO)NC1CCCCC1. The minimum atomic E-state index is -3.18. The molecule has 0 aromatic rings. The Bertz CT molecular complexity index is 240. The first-order valence-electron chi connectivity index (χ1n) is 5.58. The molecule has 0 atom stereocenters. The number of nitrogens with one attached hydrogen (secondary N) is 1. The van der Waals surface area contributed by atoms with Crippen LogP contribution in [0.4, 0.5) is 8.78 Å². The standard InChI is InChI=1S/C10H19F2N3O/c11-10(12,7-16)6-14-9(13)15-8-4-2-1-3-5-8/h8,16H,1-7H2,(H3,13,14,15). The number of aliphatic imine (C=N–C) groups is 1. The van der Waals surface area contributed by atoms with E-state index >= 15 is 0 Å². The molecule has 4 N–H and O–H groups in total. The number of nitrogens with zero attached hydrogens (tertiary/aromatic N) is 1. The molecule has 1 rings (SSSR count). The number of nitrogens with two attached hydrogens (primary N) is 1. The van der Waals surface area contributed by atoms with Crippen LogP contribution in [0.2, 0.25) is 0 Å². The number of hydrogen-bond acceptors (Lipinski definition) is 2. The zero-order valence-corrected chi connectivity index (χ0v) is 9.25. The summed E-state index contributed by atoms with van der Waals surface area (Å²) in [7, 11) is 0. The Hall–Kier alpha value is -0.910. The van der Waals surface area contributed by atoms with Gasteiger partial charge in [-0.05, 0) is 12.8 Å². The van der Waals surface area contributed by atoms with Gasteiger partial charge in [0, 0.05) is 6.04 Å². The summed E-state index contributed by atoms with van der Waals surface area (Å²) in [6, 6.07) is 0.250. The predicted octanol–water partition coefficient (Wildman–Crippen LogP) is 0.851. The van der Waals surface area contributed by atoms with Crippen molar-refractivity contribution in [3.8, 4) is 0 Å². The number of alkyl halides is 2. The predicted molar refractivity (Wildman–Crippen MR) is 58.5 cm³/mol. The van der Waals surface area contributed by atoms with E-state index in [0.29, 0.717) is 0 Å². The summed E-state index contributed by atoms with van der Waals surface area (Å²) in [5, 5.41) is 11.3. The Morgan fingerprint density at radius 2 is 2.00 bits per heavy atom. The van der Waals surface area contributed by atoms with E-state index < -0.39 is 19.1 Å². The van der Waals surface area contributed by atoms with Crippen molar-refractivity contribution in [2.75, 3.05) is 13.2 Å². The van der Waals surface area contributed by atoms with Gasteiger partial charge in [0.1, 0.15) is 13.2 Å². The van der Waals surface area contributed by atoms with Crippen LogP contribution in [0.1, 0.15) is 32.1 Å². The molecule has 0 radical (unpaired) electrons. The van der Waals surface area contributed by atoms with Crippen LogP contribution < -0.4 is 11.1 Å². The van der Waals surface area contributed by atoms with E-state index in [1.165, 1.54) is 6.42 Å². The molecule has 16 heavy (non-hydrogen) atoms. The van der Waals surface area contributed by atoms with Crippen LogP contribution in [0.3, 0.4) is 0 Å². The zero-order chi connectivity index (χ0) is 12.0. The highest BCUT2D eigenvalue weighted by Gasteiger charge is 2.27. The van der Waals surface area contributed by atoms with Crippen molar-refractivity contribution in [1.29, 1.82) is 0 Å². The van der Waals surface area contributed by atoms with Gasteiger partial charge in [0.05, 0.1) is 0 Å². The van der Waals surface area contributed by atoms with Crippen molar-refractivity contribution >= 4 is 5.96 Å². The maximum absolute atomic E-state index is 12.7. The third kappa shape index (κ3) is 4.74. The Labute approximate surface area is 93.9 Å². The molecule has 0 saturated heterocycles. The summed E-state index contributed by atoms with van der Waals surface area (Å²) >= 11 is 0. The Kier molecular flexibility index (Phi) is 4.92. The van der Waals surface area contributed by atoms with Gasteiger partial charge >= 0.3 is 0 Å². The smallest absolute Gasteiger partial charge is 0.289 e. The average molecular weight is 235 g/mol. The second-order valence-electron chi connectivity index (χ2n) is 4.19. The quantitative estimate of drug-likeness (QED) is 0.500. The maximum Gasteiger partial charge on any atom is 0.289 e. The van der Waals surface area contributed by atoms with Crippen molar-refractivity contribution in [3.63, 3.8) is 0 Å². The van der Waals surface area contributed by atoms with Crippen molar-refractivity contribution < 1.29 is 13.9 Å². The summed E-state index contributed by atoms with van der Waals surface area (Å²) in [6.45, 7) is -1.97. The fraction of sp³-hybridized carbons (Fsp3) is 0.900. The molecule has 6 heteroatoms. The van der Waals surface area contributed by atoms with Gasteiger partial charge in [-0.15, -0.1) is 0 Å². The summed E-state index contributed by atoms with van der Waals surface area (Å²) in [5.41, 5.74) is 5.49. The molecule has 0 amide bonds. The maximum atomic E-state index is 12.7. The highest BCUT2D eigenvalue weighted by Crippen LogP contribution is 2.17. The largest absolute Gasteiger partial charge is 0.390 e. The molecular formula is C10H19F2N3O. The van der Waals surface area contributed by atoms with E-state index in [-0.39, 0.29) is 12.0 Å². The number of aliphatic hydroxyl groups excluding tert-OH is 1. The molecule has 0 unspecified atom stereocenters. The molecule has 0 aromatic heterocycles. The van der Waals surface area contributed by atoms with Crippen LogP contribution >= 0.6 is 0 Å². The van der Waals surface area contributed by atoms with Crippen LogP contribution in [0.15, 0.2) is 4.99 Å². The lowest BCUT2D eigenvalue weighted by molar-refractivity contribution is -0.0404. The highest BCUT2D eigenvalue weighted by atomic mass is 19.3. The van der Waals surface area contributed by atoms with E-state index in [1.54, 1.807) is 0 Å². The molecule has 0 aliphatic heterocycles. The molecule has 1 saturated carbocycles. The van der Waals surface area contributed by atoms with E-state index in [0.717, 1.165) is 25.7 Å². The van der Waals surface area contributed by atoms with Crippen molar-refractivity contribution in [2.24, 2.45) is 10.7 Å². The molecule has 1 fully saturated rings. The van der Waals surface area contributed by atoms with Gasteiger partial charge in [-0.2, -0.15) is 0 Å². The molecule has 1 aliphatic rings. The molecule has 94 valence electrons. The van der Waals surface area contributed by atoms with Gasteiger partial charge in [-0.25, -0.2) is 13.8 Å². The first-order valence-corrected chi connectivity index (χ1v) is 5.58. The topological polar surface area (TPSA) is 70.6 Å². The number of guanidine groups is 1. The Morgan fingerprint density at radius 1 is 1.38 bits per heavy atom. The van der Waals surface area contributed by atoms with Gasteiger partial charge in [0.15, 0.2) is 5.96 Å². The fourth-order valence-corrected chi connectivity index (χ4v) is 1.75. The number of aliphatic hydroxyl groups is 1. The summed E-state index contributed by atoms with van der Waals surface area (Å²) < 4.78 is 25.3. The van der Waals surface area contributed by atoms with Gasteiger partial charge < -0.3 is 16.2 Å². The second-order valence-corrected chi connectivity index (χ2v) is 4.19. The summed E-state index contributed by atoms with van der Waals surface area (Å²) in [4.78, 5) is 3.53. The molecule has 1 aliphatic carbocycles. The highest BCUT2D eigenvalue weighted by molar-refractivity contribution is 5.78. The lowest BCUT2D eigenvalue weighted by Crippen LogP contribution is -2.42. The molecule has 0 heterocycles. The third-order valence-corrected chi connectivity index (χ3v) is 2.67. The normalized spacial score (nSPS) is 19.8. The average Bonchev–Trinajstić information content (AvgIpc) is 2.28. The number of halogens is 2. The van der Waals surface area contributed by atoms with Crippen molar-refractivity contribution in [3.05, 3.63) is 0 Å². The monoisotopic (exact) mass is 235 g/mol. The number of hydrogen-bond donors (Lipinski definition) is 3. The minimum absolute atomic E-state index is 0.0417. The van der Waals surface area contributed by atoms with E-state index in [4.69, 9.17) is 10.8 Å². The van der Waals surface area contributed by atoms with Gasteiger partial charge in [0.2, 0.25) is 0 Å². The van der Waals surface area contributed by atoms with Crippen molar-refractivity contribution in [1.82, 2.24) is 5.32 Å². The van der Waals surface area contributed by atoms with Crippen molar-refractivity contribution in [2.45, 2.75) is 44.1 Å². The van der Waals surface area contributed by atoms with Gasteiger partial charge in [0.25, 0.3) is 5.92 Å². The summed E-state index contributed by atoms with van der Waals surface area (Å²) in [6.07, 6.45) is 5.51. The third-order valence-electron chi connectivity index (χ3n) is 2.67. The Balaban J connectivity index is 2.32. The molecule has 4 nitrogen and oxygen atoms in total. The van der Waals surface area contributed by atoms with Crippen LogP contribution in [-0.4, -0.2) is 36.2 Å². The summed E-state index contributed by atoms with van der Waals surface area (Å²) in [5.74, 6) is -3.14. The molecule has 0 bridgehead atoms. The molecular weight excluding hydrogens is 216 g/mol. The zero-order valence-electron chi connectivity index (χ0n) is 9.25. The van der Waals surface area contributed by atoms with Crippen LogP contribution in [0, 0.1) is 0 Å². The Morgan fingerprint density at radius 3 is 2.56 bits per heavy atom. The van der Waals surface area contributed by atoms with Gasteiger partial charge in [-0.3, -0.25) is 0 Å². The van der Waals surface area contributed by atoms with E-state index in [9.17, 15) is 8.78 Å². The second kappa shape index (κ2) is 5.98. The molecule has 0 aromatic carbocycles. The lowest BCUT2D eigenvalue weighted by atomic mass is 9.96. The molecule has 0 spiro atoms. The lowest BCUT2D eigenvalue weighted by Gasteiger charge is -2.23. The van der Waals surface area contributed by atoms with Gasteiger partial charge in [-0.1, -0.05) is 19.3 Å².